The van der Waals surface area contributed by atoms with Gasteiger partial charge in [0.25, 0.3) is 15.9 Å². The van der Waals surface area contributed by atoms with Crippen molar-refractivity contribution in [3.05, 3.63) is 83.4 Å². The number of sulfonamides is 1. The smallest absolute Gasteiger partial charge is 0.413 e. The molecule has 0 aliphatic rings. The third kappa shape index (κ3) is 6.03. The zero-order chi connectivity index (χ0) is 24.0. The first-order valence-electron chi connectivity index (χ1n) is 9.90. The van der Waals surface area contributed by atoms with Crippen LogP contribution in [-0.4, -0.2) is 34.1 Å². The van der Waals surface area contributed by atoms with Crippen molar-refractivity contribution in [3.8, 4) is 0 Å². The van der Waals surface area contributed by atoms with Gasteiger partial charge >= 0.3 is 6.09 Å². The van der Waals surface area contributed by atoms with Gasteiger partial charge in [0.1, 0.15) is 0 Å². The van der Waals surface area contributed by atoms with Gasteiger partial charge in [-0.3, -0.25) is 14.4 Å². The lowest BCUT2D eigenvalue weighted by atomic mass is 10.1. The molecule has 0 aliphatic heterocycles. The highest BCUT2D eigenvalue weighted by atomic mass is 35.5. The molecule has 3 aromatic carbocycles. The Kier molecular flexibility index (Phi) is 7.57. The maximum atomic E-state index is 12.9. The van der Waals surface area contributed by atoms with Crippen LogP contribution in [0.5, 0.6) is 0 Å². The topological polar surface area (TPSA) is 105 Å². The molecule has 3 aromatic rings. The third-order valence-corrected chi connectivity index (χ3v) is 6.23. The summed E-state index contributed by atoms with van der Waals surface area (Å²) in [7, 11) is -2.35. The normalized spacial score (nSPS) is 10.9. The molecule has 10 heteroatoms. The van der Waals surface area contributed by atoms with Crippen LogP contribution in [0.2, 0.25) is 5.02 Å². The number of hydrogen-bond donors (Lipinski definition) is 2. The van der Waals surface area contributed by atoms with Gasteiger partial charge < -0.3 is 10.1 Å². The number of para-hydroxylation sites is 1. The fourth-order valence-electron chi connectivity index (χ4n) is 2.88. The predicted molar refractivity (Wildman–Crippen MR) is 129 cm³/mol. The molecule has 0 bridgehead atoms. The number of carbonyl (C=O) groups excluding carboxylic acids is 2. The van der Waals surface area contributed by atoms with E-state index in [0.29, 0.717) is 16.4 Å². The van der Waals surface area contributed by atoms with E-state index < -0.39 is 22.0 Å². The number of ether oxygens (including phenoxy) is 1. The minimum Gasteiger partial charge on any atom is -0.449 e. The van der Waals surface area contributed by atoms with E-state index in [4.69, 9.17) is 16.3 Å². The minimum absolute atomic E-state index is 0.0171. The van der Waals surface area contributed by atoms with E-state index in [1.807, 2.05) is 0 Å². The van der Waals surface area contributed by atoms with Gasteiger partial charge in [-0.15, -0.1) is 0 Å². The van der Waals surface area contributed by atoms with Gasteiger partial charge in [0.15, 0.2) is 0 Å². The van der Waals surface area contributed by atoms with Crippen molar-refractivity contribution < 1.29 is 22.7 Å². The number of carbonyl (C=O) groups is 2. The lowest BCUT2D eigenvalue weighted by Gasteiger charge is -2.17. The average Bonchev–Trinajstić information content (AvgIpc) is 2.79. The van der Waals surface area contributed by atoms with Crippen molar-refractivity contribution in [1.82, 2.24) is 0 Å². The Hall–Kier alpha value is -3.56. The first kappa shape index (κ1) is 24.1. The van der Waals surface area contributed by atoms with Gasteiger partial charge in [-0.05, 0) is 67.6 Å². The van der Waals surface area contributed by atoms with Crippen LogP contribution in [0.4, 0.5) is 21.9 Å². The second kappa shape index (κ2) is 10.4. The fraction of sp³-hybridized carbons (Fsp3) is 0.130. The Morgan fingerprint density at radius 3 is 2.24 bits per heavy atom. The summed E-state index contributed by atoms with van der Waals surface area (Å²) in [5, 5.41) is 3.14. The molecule has 0 saturated heterocycles. The fourth-order valence-corrected chi connectivity index (χ4v) is 4.09. The summed E-state index contributed by atoms with van der Waals surface area (Å²) in [6.07, 6.45) is -0.490. The van der Waals surface area contributed by atoms with E-state index in [1.54, 1.807) is 50.4 Å². The van der Waals surface area contributed by atoms with Crippen molar-refractivity contribution in [2.45, 2.75) is 11.8 Å². The van der Waals surface area contributed by atoms with Crippen LogP contribution < -0.4 is 14.9 Å². The van der Waals surface area contributed by atoms with E-state index in [1.165, 1.54) is 41.3 Å². The maximum absolute atomic E-state index is 12.9. The second-order valence-corrected chi connectivity index (χ2v) is 8.98. The Labute approximate surface area is 197 Å². The number of benzene rings is 3. The molecule has 0 fully saturated rings. The number of hydrogen-bond acceptors (Lipinski definition) is 5. The first-order chi connectivity index (χ1) is 15.7. The molecule has 0 unspecified atom stereocenters. The summed E-state index contributed by atoms with van der Waals surface area (Å²) in [5.74, 6) is -0.504. The number of halogens is 1. The molecule has 3 rings (SSSR count). The number of anilines is 3. The molecule has 0 spiro atoms. The Morgan fingerprint density at radius 2 is 1.61 bits per heavy atom. The Bertz CT molecular complexity index is 1250. The molecule has 2 amide bonds. The van der Waals surface area contributed by atoms with Crippen molar-refractivity contribution in [2.24, 2.45) is 0 Å². The molecule has 2 N–H and O–H groups in total. The molecular formula is C23H22ClN3O5S. The molecule has 0 saturated carbocycles. The van der Waals surface area contributed by atoms with Gasteiger partial charge in [0.2, 0.25) is 0 Å². The van der Waals surface area contributed by atoms with Crippen molar-refractivity contribution in [2.75, 3.05) is 28.6 Å². The standard InChI is InChI=1S/C23H22ClN3O5S/c1-3-32-23(29)27(2)18-12-10-17(11-13-18)25-22(28)20-6-4-5-7-21(20)26-33(30,31)19-14-8-16(24)9-15-19/h4-15,26H,3H2,1-2H3,(H,25,28). The summed E-state index contributed by atoms with van der Waals surface area (Å²) in [4.78, 5) is 26.1. The summed E-state index contributed by atoms with van der Waals surface area (Å²) in [6, 6.07) is 18.5. The van der Waals surface area contributed by atoms with E-state index in [0.717, 1.165) is 0 Å². The molecule has 0 heterocycles. The quantitative estimate of drug-likeness (QED) is 0.488. The molecular weight excluding hydrogens is 466 g/mol. The van der Waals surface area contributed by atoms with E-state index in [2.05, 4.69) is 10.0 Å². The molecule has 0 atom stereocenters. The zero-order valence-corrected chi connectivity index (χ0v) is 19.5. The molecule has 8 nitrogen and oxygen atoms in total. The van der Waals surface area contributed by atoms with Gasteiger partial charge in [-0.25, -0.2) is 13.2 Å². The number of rotatable bonds is 7. The summed E-state index contributed by atoms with van der Waals surface area (Å²) in [6.45, 7) is 1.98. The molecule has 0 radical (unpaired) electrons. The minimum atomic E-state index is -3.93. The average molecular weight is 488 g/mol. The van der Waals surface area contributed by atoms with Gasteiger partial charge in [-0.1, -0.05) is 23.7 Å². The maximum Gasteiger partial charge on any atom is 0.413 e. The largest absolute Gasteiger partial charge is 0.449 e. The monoisotopic (exact) mass is 487 g/mol. The summed E-state index contributed by atoms with van der Waals surface area (Å²) in [5.41, 5.74) is 1.32. The van der Waals surface area contributed by atoms with Crippen LogP contribution >= 0.6 is 11.6 Å². The Morgan fingerprint density at radius 1 is 0.970 bits per heavy atom. The Balaban J connectivity index is 1.76. The molecule has 0 aliphatic carbocycles. The highest BCUT2D eigenvalue weighted by molar-refractivity contribution is 7.92. The van der Waals surface area contributed by atoms with Gasteiger partial charge in [0, 0.05) is 23.4 Å². The predicted octanol–water partition coefficient (Wildman–Crippen LogP) is 4.99. The lowest BCUT2D eigenvalue weighted by molar-refractivity contribution is 0.102. The number of amides is 2. The highest BCUT2D eigenvalue weighted by Crippen LogP contribution is 2.23. The summed E-state index contributed by atoms with van der Waals surface area (Å²) >= 11 is 5.83. The van der Waals surface area contributed by atoms with Crippen LogP contribution in [0.3, 0.4) is 0 Å². The van der Waals surface area contributed by atoms with Crippen LogP contribution in [0.1, 0.15) is 17.3 Å². The lowest BCUT2D eigenvalue weighted by Crippen LogP contribution is -2.26. The van der Waals surface area contributed by atoms with Crippen molar-refractivity contribution in [3.63, 3.8) is 0 Å². The van der Waals surface area contributed by atoms with Gasteiger partial charge in [0.05, 0.1) is 22.8 Å². The highest BCUT2D eigenvalue weighted by Gasteiger charge is 2.19. The molecule has 33 heavy (non-hydrogen) atoms. The number of nitrogens with one attached hydrogen (secondary N) is 2. The summed E-state index contributed by atoms with van der Waals surface area (Å²) < 4.78 is 32.8. The van der Waals surface area contributed by atoms with E-state index in [9.17, 15) is 18.0 Å². The van der Waals surface area contributed by atoms with Crippen molar-refractivity contribution in [1.29, 1.82) is 0 Å². The van der Waals surface area contributed by atoms with Gasteiger partial charge in [-0.2, -0.15) is 0 Å². The zero-order valence-electron chi connectivity index (χ0n) is 17.9. The first-order valence-corrected chi connectivity index (χ1v) is 11.8. The second-order valence-electron chi connectivity index (χ2n) is 6.86. The van der Waals surface area contributed by atoms with Crippen molar-refractivity contribution >= 4 is 50.7 Å². The molecule has 0 aromatic heterocycles. The molecule has 172 valence electrons. The number of nitrogens with zero attached hydrogens (tertiary/aromatic N) is 1. The van der Waals surface area contributed by atoms with Crippen LogP contribution in [0, 0.1) is 0 Å². The SMILES string of the molecule is CCOC(=O)N(C)c1ccc(NC(=O)c2ccccc2NS(=O)(=O)c2ccc(Cl)cc2)cc1. The van der Waals surface area contributed by atoms with E-state index >= 15 is 0 Å². The van der Waals surface area contributed by atoms with Crippen LogP contribution in [0.15, 0.2) is 77.7 Å². The van der Waals surface area contributed by atoms with Crippen LogP contribution in [0.25, 0.3) is 0 Å². The van der Waals surface area contributed by atoms with E-state index in [-0.39, 0.29) is 22.8 Å². The van der Waals surface area contributed by atoms with Crippen LogP contribution in [-0.2, 0) is 14.8 Å². The third-order valence-electron chi connectivity index (χ3n) is 4.59.